The Morgan fingerprint density at radius 1 is 0.975 bits per heavy atom. The Kier molecular flexibility index (Phi) is 8.51. The fourth-order valence-electron chi connectivity index (χ4n) is 4.98. The normalized spacial score (nSPS) is 13.2. The number of carbonyl (C=O) groups excluding carboxylic acids is 1. The van der Waals surface area contributed by atoms with Crippen molar-refractivity contribution in [3.05, 3.63) is 118 Å². The van der Waals surface area contributed by atoms with Crippen LogP contribution in [0.3, 0.4) is 0 Å². The smallest absolute Gasteiger partial charge is 0.336 e. The van der Waals surface area contributed by atoms with Crippen molar-refractivity contribution in [3.8, 4) is 16.9 Å². The van der Waals surface area contributed by atoms with E-state index in [4.69, 9.17) is 4.74 Å². The van der Waals surface area contributed by atoms with E-state index in [0.29, 0.717) is 37.1 Å². The SMILES string of the molecule is C[C@H](NC(=O)CCc1ccc2c(c1)OCCN2Cc1ccc(-c2ccccc2C(=O)O)cc1)c1ccc(Br)cc1. The number of aromatic carboxylic acids is 1. The van der Waals surface area contributed by atoms with Gasteiger partial charge in [0.25, 0.3) is 0 Å². The van der Waals surface area contributed by atoms with Crippen LogP contribution in [0.25, 0.3) is 11.1 Å². The zero-order valence-corrected chi connectivity index (χ0v) is 23.9. The zero-order valence-electron chi connectivity index (χ0n) is 22.3. The average molecular weight is 600 g/mol. The van der Waals surface area contributed by atoms with Crippen LogP contribution in [0, 0.1) is 0 Å². The summed E-state index contributed by atoms with van der Waals surface area (Å²) in [5, 5.41) is 12.6. The van der Waals surface area contributed by atoms with Crippen molar-refractivity contribution in [1.29, 1.82) is 0 Å². The van der Waals surface area contributed by atoms with Crippen molar-refractivity contribution in [1.82, 2.24) is 5.32 Å². The molecule has 4 aromatic carbocycles. The summed E-state index contributed by atoms with van der Waals surface area (Å²) in [6.07, 6.45) is 1.04. The highest BCUT2D eigenvalue weighted by atomic mass is 79.9. The second kappa shape index (κ2) is 12.4. The lowest BCUT2D eigenvalue weighted by Crippen LogP contribution is -2.32. The molecule has 0 unspecified atom stereocenters. The first-order chi connectivity index (χ1) is 19.4. The van der Waals surface area contributed by atoms with E-state index in [2.05, 4.69) is 38.3 Å². The Morgan fingerprint density at radius 3 is 2.45 bits per heavy atom. The lowest BCUT2D eigenvalue weighted by atomic mass is 9.98. The number of fused-ring (bicyclic) bond motifs is 1. The predicted octanol–water partition coefficient (Wildman–Crippen LogP) is 7.02. The zero-order chi connectivity index (χ0) is 28.1. The summed E-state index contributed by atoms with van der Waals surface area (Å²) in [7, 11) is 0. The molecule has 1 aliphatic rings. The highest BCUT2D eigenvalue weighted by molar-refractivity contribution is 9.10. The van der Waals surface area contributed by atoms with Crippen molar-refractivity contribution in [2.45, 2.75) is 32.4 Å². The van der Waals surface area contributed by atoms with Gasteiger partial charge in [0.2, 0.25) is 5.91 Å². The van der Waals surface area contributed by atoms with Gasteiger partial charge in [-0.05, 0) is 71.5 Å². The second-order valence-electron chi connectivity index (χ2n) is 9.96. The van der Waals surface area contributed by atoms with Crippen LogP contribution in [-0.2, 0) is 17.8 Å². The van der Waals surface area contributed by atoms with E-state index in [1.165, 1.54) is 0 Å². The molecular formula is C33H31BrN2O4. The minimum atomic E-state index is -0.931. The molecule has 1 amide bonds. The molecule has 0 spiro atoms. The van der Waals surface area contributed by atoms with Crippen LogP contribution in [0.5, 0.6) is 5.75 Å². The number of carboxylic acids is 1. The quantitative estimate of drug-likeness (QED) is 0.216. The van der Waals surface area contributed by atoms with E-state index >= 15 is 0 Å². The predicted molar refractivity (Wildman–Crippen MR) is 161 cm³/mol. The third-order valence-corrected chi connectivity index (χ3v) is 7.70. The molecule has 0 aliphatic carbocycles. The summed E-state index contributed by atoms with van der Waals surface area (Å²) in [5.41, 5.74) is 6.18. The van der Waals surface area contributed by atoms with Crippen LogP contribution in [0.4, 0.5) is 5.69 Å². The minimum absolute atomic E-state index is 0.0186. The Labute approximate surface area is 242 Å². The number of carbonyl (C=O) groups is 2. The lowest BCUT2D eigenvalue weighted by molar-refractivity contribution is -0.121. The first kappa shape index (κ1) is 27.5. The fraction of sp³-hybridized carbons (Fsp3) is 0.212. The number of nitrogens with zero attached hydrogens (tertiary/aromatic N) is 1. The highest BCUT2D eigenvalue weighted by Crippen LogP contribution is 2.34. The first-order valence-electron chi connectivity index (χ1n) is 13.3. The second-order valence-corrected chi connectivity index (χ2v) is 10.9. The summed E-state index contributed by atoms with van der Waals surface area (Å²) >= 11 is 3.44. The van der Waals surface area contributed by atoms with Crippen molar-refractivity contribution in [3.63, 3.8) is 0 Å². The van der Waals surface area contributed by atoms with Gasteiger partial charge in [-0.1, -0.05) is 76.6 Å². The van der Waals surface area contributed by atoms with Crippen LogP contribution in [0.1, 0.15) is 46.4 Å². The van der Waals surface area contributed by atoms with Gasteiger partial charge >= 0.3 is 5.97 Å². The fourth-order valence-corrected chi connectivity index (χ4v) is 5.24. The molecule has 40 heavy (non-hydrogen) atoms. The van der Waals surface area contributed by atoms with Gasteiger partial charge in [0, 0.05) is 17.4 Å². The van der Waals surface area contributed by atoms with Crippen LogP contribution in [0.15, 0.2) is 95.5 Å². The molecule has 0 bridgehead atoms. The molecule has 204 valence electrons. The molecule has 1 aliphatic heterocycles. The Morgan fingerprint density at radius 2 is 1.70 bits per heavy atom. The molecule has 0 saturated heterocycles. The summed E-state index contributed by atoms with van der Waals surface area (Å²) in [4.78, 5) is 26.5. The number of benzene rings is 4. The van der Waals surface area contributed by atoms with Gasteiger partial charge < -0.3 is 20.1 Å². The van der Waals surface area contributed by atoms with E-state index in [9.17, 15) is 14.7 Å². The standard InChI is InChI=1S/C33H31BrN2O4/c1-22(25-12-14-27(34)15-13-25)35-32(37)17-9-23-8-16-30-31(20-23)40-19-18-36(30)21-24-6-10-26(11-7-24)28-4-2-3-5-29(28)33(38)39/h2-8,10-16,20,22H,9,17-19,21H2,1H3,(H,35,37)(H,38,39)/t22-/m0/s1. The van der Waals surface area contributed by atoms with Gasteiger partial charge in [-0.15, -0.1) is 0 Å². The van der Waals surface area contributed by atoms with Crippen LogP contribution in [-0.4, -0.2) is 30.1 Å². The topological polar surface area (TPSA) is 78.9 Å². The molecule has 1 heterocycles. The number of hydrogen-bond donors (Lipinski definition) is 2. The van der Waals surface area contributed by atoms with E-state index in [1.807, 2.05) is 73.7 Å². The number of nitrogens with one attached hydrogen (secondary N) is 1. The van der Waals surface area contributed by atoms with E-state index in [-0.39, 0.29) is 11.9 Å². The highest BCUT2D eigenvalue weighted by Gasteiger charge is 2.19. The van der Waals surface area contributed by atoms with E-state index < -0.39 is 5.97 Å². The largest absolute Gasteiger partial charge is 0.490 e. The van der Waals surface area contributed by atoms with Crippen molar-refractivity contribution < 1.29 is 19.4 Å². The molecular weight excluding hydrogens is 568 g/mol. The van der Waals surface area contributed by atoms with Gasteiger partial charge in [0.15, 0.2) is 0 Å². The molecule has 0 fully saturated rings. The monoisotopic (exact) mass is 598 g/mol. The maximum Gasteiger partial charge on any atom is 0.336 e. The van der Waals surface area contributed by atoms with Crippen LogP contribution < -0.4 is 15.0 Å². The van der Waals surface area contributed by atoms with Gasteiger partial charge in [-0.25, -0.2) is 4.79 Å². The maximum atomic E-state index is 12.6. The third kappa shape index (κ3) is 6.54. The Balaban J connectivity index is 1.20. The van der Waals surface area contributed by atoms with Gasteiger partial charge in [0.05, 0.1) is 23.8 Å². The number of anilines is 1. The Hall–Kier alpha value is -4.10. The number of amides is 1. The molecule has 1 atom stereocenters. The summed E-state index contributed by atoms with van der Waals surface area (Å²) in [5.74, 6) is -0.0793. The van der Waals surface area contributed by atoms with Crippen LogP contribution >= 0.6 is 15.9 Å². The average Bonchev–Trinajstić information content (AvgIpc) is 2.97. The molecule has 0 saturated carbocycles. The number of hydrogen-bond acceptors (Lipinski definition) is 4. The molecule has 0 aromatic heterocycles. The van der Waals surface area contributed by atoms with Gasteiger partial charge in [-0.3, -0.25) is 4.79 Å². The maximum absolute atomic E-state index is 12.6. The number of ether oxygens (including phenoxy) is 1. The van der Waals surface area contributed by atoms with Gasteiger partial charge in [0.1, 0.15) is 12.4 Å². The summed E-state index contributed by atoms with van der Waals surface area (Å²) < 4.78 is 7.00. The molecule has 7 heteroatoms. The number of halogens is 1. The van der Waals surface area contributed by atoms with E-state index in [0.717, 1.165) is 44.7 Å². The van der Waals surface area contributed by atoms with Crippen molar-refractivity contribution >= 4 is 33.5 Å². The van der Waals surface area contributed by atoms with Crippen molar-refractivity contribution in [2.24, 2.45) is 0 Å². The molecule has 6 nitrogen and oxygen atoms in total. The summed E-state index contributed by atoms with van der Waals surface area (Å²) in [6, 6.07) is 29.2. The number of rotatable bonds is 9. The van der Waals surface area contributed by atoms with Crippen molar-refractivity contribution in [2.75, 3.05) is 18.1 Å². The summed E-state index contributed by atoms with van der Waals surface area (Å²) in [6.45, 7) is 4.07. The van der Waals surface area contributed by atoms with Gasteiger partial charge in [-0.2, -0.15) is 0 Å². The first-order valence-corrected chi connectivity index (χ1v) is 14.1. The molecule has 4 aromatic rings. The number of carboxylic acid groups (broad SMARTS) is 1. The van der Waals surface area contributed by atoms with E-state index in [1.54, 1.807) is 12.1 Å². The number of aryl methyl sites for hydroxylation is 1. The minimum Gasteiger partial charge on any atom is -0.490 e. The molecule has 5 rings (SSSR count). The molecule has 2 N–H and O–H groups in total. The third-order valence-electron chi connectivity index (χ3n) is 7.17. The Bertz CT molecular complexity index is 1500. The molecule has 0 radical (unpaired) electrons. The van der Waals surface area contributed by atoms with Crippen LogP contribution in [0.2, 0.25) is 0 Å². The lowest BCUT2D eigenvalue weighted by Gasteiger charge is -2.31.